The Hall–Kier alpha value is -1.59. The second kappa shape index (κ2) is 6.89. The van der Waals surface area contributed by atoms with Crippen molar-refractivity contribution in [2.24, 2.45) is 16.4 Å². The van der Waals surface area contributed by atoms with E-state index in [1.165, 1.54) is 11.9 Å². The van der Waals surface area contributed by atoms with Crippen molar-refractivity contribution in [3.05, 3.63) is 0 Å². The summed E-state index contributed by atoms with van der Waals surface area (Å²) in [6, 6.07) is 0. The van der Waals surface area contributed by atoms with Crippen molar-refractivity contribution < 1.29 is 14.3 Å². The molecule has 2 atom stereocenters. The molecule has 2 heterocycles. The summed E-state index contributed by atoms with van der Waals surface area (Å²) in [5.74, 6) is 0.640. The third-order valence-corrected chi connectivity index (χ3v) is 4.41. The van der Waals surface area contributed by atoms with Crippen LogP contribution < -0.4 is 0 Å². The van der Waals surface area contributed by atoms with Gasteiger partial charge in [-0.15, -0.1) is 5.10 Å². The fourth-order valence-corrected chi connectivity index (χ4v) is 3.51. The molecule has 1 fully saturated rings. The van der Waals surface area contributed by atoms with E-state index in [0.29, 0.717) is 31.3 Å². The Labute approximate surface area is 138 Å². The highest BCUT2D eigenvalue weighted by Gasteiger charge is 2.41. The molecule has 0 N–H and O–H groups in total. The molecule has 2 unspecified atom stereocenters. The fraction of sp³-hybridized carbons (Fsp3) is 0.824. The maximum Gasteiger partial charge on any atom is 0.287 e. The Morgan fingerprint density at radius 2 is 2.09 bits per heavy atom. The summed E-state index contributed by atoms with van der Waals surface area (Å²) in [7, 11) is 0. The van der Waals surface area contributed by atoms with E-state index in [9.17, 15) is 9.59 Å². The van der Waals surface area contributed by atoms with Gasteiger partial charge >= 0.3 is 0 Å². The van der Waals surface area contributed by atoms with Gasteiger partial charge in [0.05, 0.1) is 0 Å². The highest BCUT2D eigenvalue weighted by molar-refractivity contribution is 5.91. The summed E-state index contributed by atoms with van der Waals surface area (Å²) in [6.45, 7) is 11.4. The van der Waals surface area contributed by atoms with E-state index in [1.807, 2.05) is 11.8 Å². The van der Waals surface area contributed by atoms with Crippen LogP contribution in [0.4, 0.5) is 0 Å². The average Bonchev–Trinajstić information content (AvgIpc) is 2.80. The summed E-state index contributed by atoms with van der Waals surface area (Å²) in [5, 5.41) is 5.37. The molecule has 23 heavy (non-hydrogen) atoms. The molecule has 1 saturated heterocycles. The molecule has 130 valence electrons. The predicted molar refractivity (Wildman–Crippen MR) is 88.5 cm³/mol. The smallest absolute Gasteiger partial charge is 0.287 e. The Balaban J connectivity index is 2.14. The molecule has 0 saturated carbocycles. The van der Waals surface area contributed by atoms with Gasteiger partial charge < -0.3 is 9.64 Å². The van der Waals surface area contributed by atoms with Crippen LogP contribution in [0.1, 0.15) is 60.3 Å². The van der Waals surface area contributed by atoms with Crippen molar-refractivity contribution in [1.82, 2.24) is 9.91 Å². The Bertz CT molecular complexity index is 501. The van der Waals surface area contributed by atoms with E-state index < -0.39 is 6.23 Å². The first-order valence-electron chi connectivity index (χ1n) is 8.56. The van der Waals surface area contributed by atoms with Gasteiger partial charge in [-0.25, -0.2) is 0 Å². The molecular weight excluding hydrogens is 294 g/mol. The quantitative estimate of drug-likeness (QED) is 0.802. The maximum atomic E-state index is 12.9. The van der Waals surface area contributed by atoms with Gasteiger partial charge in [0.15, 0.2) is 0 Å². The van der Waals surface area contributed by atoms with Crippen molar-refractivity contribution in [2.45, 2.75) is 66.5 Å². The highest BCUT2D eigenvalue weighted by Crippen LogP contribution is 2.32. The lowest BCUT2D eigenvalue weighted by molar-refractivity contribution is -0.154. The summed E-state index contributed by atoms with van der Waals surface area (Å²) in [6.07, 6.45) is 2.63. The molecular formula is C17H29N3O3. The van der Waals surface area contributed by atoms with Gasteiger partial charge in [0.2, 0.25) is 11.8 Å². The van der Waals surface area contributed by atoms with Gasteiger partial charge in [-0.2, -0.15) is 5.01 Å². The van der Waals surface area contributed by atoms with Gasteiger partial charge in [0, 0.05) is 26.4 Å². The van der Waals surface area contributed by atoms with Crippen LogP contribution in [0.3, 0.4) is 0 Å². The van der Waals surface area contributed by atoms with Gasteiger partial charge in [0.25, 0.3) is 12.1 Å². The molecule has 0 aliphatic carbocycles. The number of rotatable bonds is 3. The molecule has 0 aromatic heterocycles. The first-order chi connectivity index (χ1) is 10.7. The van der Waals surface area contributed by atoms with E-state index in [0.717, 1.165) is 19.3 Å². The molecule has 2 amide bonds. The number of nitrogens with zero attached hydrogens (tertiary/aromatic N) is 3. The highest BCUT2D eigenvalue weighted by atomic mass is 16.5. The number of amides is 2. The molecule has 2 rings (SSSR count). The van der Waals surface area contributed by atoms with Gasteiger partial charge in [-0.05, 0) is 30.6 Å². The van der Waals surface area contributed by atoms with Crippen molar-refractivity contribution in [2.75, 3.05) is 13.1 Å². The van der Waals surface area contributed by atoms with E-state index in [1.54, 1.807) is 0 Å². The SMILES string of the molecule is CCCC1=NN(C(C)=O)C(C(=O)N2CCC(C)CC(C)(C)C2)O1. The molecule has 0 aromatic rings. The molecule has 0 aromatic carbocycles. The lowest BCUT2D eigenvalue weighted by Gasteiger charge is -2.32. The first-order valence-corrected chi connectivity index (χ1v) is 8.56. The van der Waals surface area contributed by atoms with Crippen LogP contribution in [0.5, 0.6) is 0 Å². The second-order valence-electron chi connectivity index (χ2n) is 7.60. The molecule has 2 aliphatic rings. The topological polar surface area (TPSA) is 62.2 Å². The number of hydrogen-bond acceptors (Lipinski definition) is 4. The van der Waals surface area contributed by atoms with Crippen LogP contribution >= 0.6 is 0 Å². The van der Waals surface area contributed by atoms with E-state index in [4.69, 9.17) is 4.74 Å². The monoisotopic (exact) mass is 323 g/mol. The number of hydrogen-bond donors (Lipinski definition) is 0. The minimum Gasteiger partial charge on any atom is -0.444 e. The van der Waals surface area contributed by atoms with Crippen molar-refractivity contribution >= 4 is 17.7 Å². The van der Waals surface area contributed by atoms with Gasteiger partial charge in [-0.3, -0.25) is 9.59 Å². The van der Waals surface area contributed by atoms with E-state index in [2.05, 4.69) is 25.9 Å². The maximum absolute atomic E-state index is 12.9. The Morgan fingerprint density at radius 1 is 1.39 bits per heavy atom. The van der Waals surface area contributed by atoms with Crippen molar-refractivity contribution in [1.29, 1.82) is 0 Å². The van der Waals surface area contributed by atoms with E-state index >= 15 is 0 Å². The normalized spacial score (nSPS) is 27.3. The van der Waals surface area contributed by atoms with Crippen LogP contribution in [-0.2, 0) is 14.3 Å². The zero-order valence-corrected chi connectivity index (χ0v) is 15.0. The Kier molecular flexibility index (Phi) is 5.32. The summed E-state index contributed by atoms with van der Waals surface area (Å²) in [4.78, 5) is 26.6. The third-order valence-electron chi connectivity index (χ3n) is 4.41. The standard InChI is InChI=1S/C17H29N3O3/c1-6-7-14-18-20(13(3)21)16(23-14)15(22)19-9-8-12(2)10-17(4,5)11-19/h12,16H,6-11H2,1-5H3. The molecule has 0 radical (unpaired) electrons. The minimum absolute atomic E-state index is 0.0678. The number of ether oxygens (including phenoxy) is 1. The lowest BCUT2D eigenvalue weighted by atomic mass is 9.83. The lowest BCUT2D eigenvalue weighted by Crippen LogP contribution is -2.49. The zero-order chi connectivity index (χ0) is 17.2. The van der Waals surface area contributed by atoms with Gasteiger partial charge in [0.1, 0.15) is 0 Å². The fourth-order valence-electron chi connectivity index (χ4n) is 3.51. The van der Waals surface area contributed by atoms with E-state index in [-0.39, 0.29) is 17.2 Å². The first kappa shape index (κ1) is 17.8. The summed E-state index contributed by atoms with van der Waals surface area (Å²) < 4.78 is 5.69. The van der Waals surface area contributed by atoms with Crippen LogP contribution in [0.25, 0.3) is 0 Å². The van der Waals surface area contributed by atoms with Crippen LogP contribution in [0.15, 0.2) is 5.10 Å². The minimum atomic E-state index is -0.932. The molecule has 0 spiro atoms. The predicted octanol–water partition coefficient (Wildman–Crippen LogP) is 2.59. The second-order valence-corrected chi connectivity index (χ2v) is 7.60. The molecule has 6 nitrogen and oxygen atoms in total. The van der Waals surface area contributed by atoms with Crippen LogP contribution in [0, 0.1) is 11.3 Å². The van der Waals surface area contributed by atoms with Crippen LogP contribution in [-0.4, -0.2) is 46.9 Å². The molecule has 6 heteroatoms. The van der Waals surface area contributed by atoms with Crippen molar-refractivity contribution in [3.63, 3.8) is 0 Å². The number of carbonyl (C=O) groups is 2. The van der Waals surface area contributed by atoms with Crippen LogP contribution in [0.2, 0.25) is 0 Å². The molecule has 0 bridgehead atoms. The number of carbonyl (C=O) groups excluding carboxylic acids is 2. The van der Waals surface area contributed by atoms with Crippen molar-refractivity contribution in [3.8, 4) is 0 Å². The zero-order valence-electron chi connectivity index (χ0n) is 15.0. The number of hydrazone groups is 1. The summed E-state index contributed by atoms with van der Waals surface area (Å²) in [5.41, 5.74) is 0.0678. The van der Waals surface area contributed by atoms with Gasteiger partial charge in [-0.1, -0.05) is 27.7 Å². The third kappa shape index (κ3) is 4.24. The molecule has 2 aliphatic heterocycles. The summed E-state index contributed by atoms with van der Waals surface area (Å²) >= 11 is 0. The average molecular weight is 323 g/mol. The number of likely N-dealkylation sites (tertiary alicyclic amines) is 1. The largest absolute Gasteiger partial charge is 0.444 e. The Morgan fingerprint density at radius 3 is 2.70 bits per heavy atom.